The maximum absolute atomic E-state index is 13.1. The van der Waals surface area contributed by atoms with Crippen molar-refractivity contribution in [2.75, 3.05) is 7.05 Å². The van der Waals surface area contributed by atoms with Gasteiger partial charge in [-0.25, -0.2) is 4.98 Å². The third-order valence-electron chi connectivity index (χ3n) is 5.68. The van der Waals surface area contributed by atoms with Gasteiger partial charge >= 0.3 is 0 Å². The molecular weight excluding hydrogens is 312 g/mol. The smallest absolute Gasteiger partial charge is 0.276 e. The Hall–Kier alpha value is -2.10. The number of hydrogen-bond donors (Lipinski definition) is 0. The highest BCUT2D eigenvalue weighted by molar-refractivity contribution is 5.94. The average Bonchev–Trinajstić information content (AvgIpc) is 3.40. The highest BCUT2D eigenvalue weighted by Gasteiger charge is 2.36. The lowest BCUT2D eigenvalue weighted by Crippen LogP contribution is -2.39. The Labute approximate surface area is 149 Å². The normalized spacial score (nSPS) is 23.4. The minimum atomic E-state index is 0.0207. The van der Waals surface area contributed by atoms with Crippen LogP contribution in [-0.2, 0) is 0 Å². The van der Waals surface area contributed by atoms with Gasteiger partial charge in [-0.15, -0.1) is 0 Å². The van der Waals surface area contributed by atoms with Gasteiger partial charge in [0.1, 0.15) is 5.76 Å². The minimum absolute atomic E-state index is 0.0207. The molecule has 1 aromatic carbocycles. The van der Waals surface area contributed by atoms with Gasteiger partial charge in [0.05, 0.1) is 0 Å². The van der Waals surface area contributed by atoms with Crippen LogP contribution in [0.1, 0.15) is 67.6 Å². The molecule has 0 saturated heterocycles. The lowest BCUT2D eigenvalue weighted by Gasteiger charge is -2.33. The maximum Gasteiger partial charge on any atom is 0.276 e. The fourth-order valence-corrected chi connectivity index (χ4v) is 3.77. The van der Waals surface area contributed by atoms with Crippen LogP contribution in [0.5, 0.6) is 0 Å². The lowest BCUT2D eigenvalue weighted by molar-refractivity contribution is 0.0672. The summed E-state index contributed by atoms with van der Waals surface area (Å²) in [7, 11) is 1.93. The van der Waals surface area contributed by atoms with Gasteiger partial charge in [0.15, 0.2) is 5.69 Å². The molecule has 1 heterocycles. The average molecular weight is 338 g/mol. The third-order valence-corrected chi connectivity index (χ3v) is 5.68. The van der Waals surface area contributed by atoms with Crippen molar-refractivity contribution in [3.8, 4) is 11.5 Å². The zero-order valence-electron chi connectivity index (χ0n) is 15.1. The lowest BCUT2D eigenvalue weighted by atomic mass is 9.86. The second kappa shape index (κ2) is 6.66. The standard InChI is InChI=1S/C21H26N2O2/c1-14-8-12-17(13-9-14)23(2)21(24)18-19(15-10-11-15)25-20(22-18)16-6-4-3-5-7-16/h3-7,14-15,17H,8-13H2,1-2H3. The van der Waals surface area contributed by atoms with Gasteiger partial charge in [0.2, 0.25) is 5.89 Å². The topological polar surface area (TPSA) is 46.3 Å². The molecule has 4 rings (SSSR count). The number of carbonyl (C=O) groups excluding carboxylic acids is 1. The molecule has 0 radical (unpaired) electrons. The summed E-state index contributed by atoms with van der Waals surface area (Å²) in [5.41, 5.74) is 1.46. The molecule has 0 N–H and O–H groups in total. The molecule has 2 aliphatic rings. The van der Waals surface area contributed by atoms with E-state index in [-0.39, 0.29) is 5.91 Å². The Bertz CT molecular complexity index is 741. The molecule has 2 aromatic rings. The largest absolute Gasteiger partial charge is 0.440 e. The Morgan fingerprint density at radius 2 is 1.76 bits per heavy atom. The van der Waals surface area contributed by atoms with Gasteiger partial charge in [0, 0.05) is 24.6 Å². The fraction of sp³-hybridized carbons (Fsp3) is 0.524. The summed E-state index contributed by atoms with van der Waals surface area (Å²) >= 11 is 0. The van der Waals surface area contributed by atoms with E-state index in [9.17, 15) is 4.79 Å². The summed E-state index contributed by atoms with van der Waals surface area (Å²) in [6, 6.07) is 10.2. The Balaban J connectivity index is 1.60. The van der Waals surface area contributed by atoms with Crippen LogP contribution in [0.3, 0.4) is 0 Å². The quantitative estimate of drug-likeness (QED) is 0.799. The number of oxazole rings is 1. The highest BCUT2D eigenvalue weighted by atomic mass is 16.4. The van der Waals surface area contributed by atoms with Crippen molar-refractivity contribution in [1.29, 1.82) is 0 Å². The van der Waals surface area contributed by atoms with E-state index >= 15 is 0 Å². The first kappa shape index (κ1) is 16.4. The van der Waals surface area contributed by atoms with Crippen molar-refractivity contribution >= 4 is 5.91 Å². The number of nitrogens with zero attached hydrogens (tertiary/aromatic N) is 2. The SMILES string of the molecule is CC1CCC(N(C)C(=O)c2nc(-c3ccccc3)oc2C2CC2)CC1. The summed E-state index contributed by atoms with van der Waals surface area (Å²) in [6.07, 6.45) is 6.76. The second-order valence-electron chi connectivity index (χ2n) is 7.70. The zero-order valence-corrected chi connectivity index (χ0v) is 15.1. The van der Waals surface area contributed by atoms with Gasteiger partial charge in [-0.1, -0.05) is 25.1 Å². The molecule has 0 unspecified atom stereocenters. The van der Waals surface area contributed by atoms with E-state index in [0.29, 0.717) is 23.5 Å². The van der Waals surface area contributed by atoms with Crippen LogP contribution in [0.25, 0.3) is 11.5 Å². The summed E-state index contributed by atoms with van der Waals surface area (Å²) < 4.78 is 6.04. The maximum atomic E-state index is 13.1. The molecule has 0 spiro atoms. The molecule has 2 fully saturated rings. The Morgan fingerprint density at radius 3 is 2.40 bits per heavy atom. The summed E-state index contributed by atoms with van der Waals surface area (Å²) in [5.74, 6) is 2.52. The number of benzene rings is 1. The van der Waals surface area contributed by atoms with Crippen LogP contribution in [-0.4, -0.2) is 28.9 Å². The van der Waals surface area contributed by atoms with Gasteiger partial charge in [0.25, 0.3) is 5.91 Å². The van der Waals surface area contributed by atoms with Gasteiger partial charge in [-0.05, 0) is 56.6 Å². The minimum Gasteiger partial charge on any atom is -0.440 e. The van der Waals surface area contributed by atoms with Crippen LogP contribution < -0.4 is 0 Å². The van der Waals surface area contributed by atoms with Gasteiger partial charge in [-0.3, -0.25) is 4.79 Å². The molecule has 4 heteroatoms. The van der Waals surface area contributed by atoms with E-state index in [1.54, 1.807) is 0 Å². The van der Waals surface area contributed by atoms with Gasteiger partial charge in [-0.2, -0.15) is 0 Å². The third kappa shape index (κ3) is 3.35. The molecule has 132 valence electrons. The van der Waals surface area contributed by atoms with E-state index in [1.165, 1.54) is 12.8 Å². The summed E-state index contributed by atoms with van der Waals surface area (Å²) in [4.78, 5) is 19.6. The van der Waals surface area contributed by atoms with E-state index < -0.39 is 0 Å². The predicted molar refractivity (Wildman–Crippen MR) is 97.4 cm³/mol. The number of amides is 1. The van der Waals surface area contributed by atoms with Crippen molar-refractivity contribution in [2.45, 2.75) is 57.4 Å². The van der Waals surface area contributed by atoms with Crippen molar-refractivity contribution in [3.05, 3.63) is 41.8 Å². The van der Waals surface area contributed by atoms with E-state index in [0.717, 1.165) is 42.9 Å². The van der Waals surface area contributed by atoms with Crippen molar-refractivity contribution < 1.29 is 9.21 Å². The van der Waals surface area contributed by atoms with E-state index in [2.05, 4.69) is 11.9 Å². The number of carbonyl (C=O) groups is 1. The fourth-order valence-electron chi connectivity index (χ4n) is 3.77. The molecule has 2 saturated carbocycles. The number of rotatable bonds is 4. The molecule has 2 aliphatic carbocycles. The predicted octanol–water partition coefficient (Wildman–Crippen LogP) is 4.87. The number of aromatic nitrogens is 1. The molecule has 0 bridgehead atoms. The van der Waals surface area contributed by atoms with Crippen molar-refractivity contribution in [3.63, 3.8) is 0 Å². The summed E-state index contributed by atoms with van der Waals surface area (Å²) in [5, 5.41) is 0. The summed E-state index contributed by atoms with van der Waals surface area (Å²) in [6.45, 7) is 2.30. The van der Waals surface area contributed by atoms with Gasteiger partial charge < -0.3 is 9.32 Å². The first-order chi connectivity index (χ1) is 12.1. The van der Waals surface area contributed by atoms with Crippen molar-refractivity contribution in [2.24, 2.45) is 5.92 Å². The van der Waals surface area contributed by atoms with Crippen molar-refractivity contribution in [1.82, 2.24) is 9.88 Å². The number of hydrogen-bond acceptors (Lipinski definition) is 3. The van der Waals surface area contributed by atoms with Crippen LogP contribution in [0.15, 0.2) is 34.7 Å². The molecule has 0 aliphatic heterocycles. The molecular formula is C21H26N2O2. The molecule has 4 nitrogen and oxygen atoms in total. The first-order valence-corrected chi connectivity index (χ1v) is 9.46. The molecule has 1 aromatic heterocycles. The molecule has 0 atom stereocenters. The zero-order chi connectivity index (χ0) is 17.4. The van der Waals surface area contributed by atoms with E-state index in [1.807, 2.05) is 42.3 Å². The Kier molecular flexibility index (Phi) is 4.36. The monoisotopic (exact) mass is 338 g/mol. The van der Waals surface area contributed by atoms with Crippen LogP contribution in [0.4, 0.5) is 0 Å². The first-order valence-electron chi connectivity index (χ1n) is 9.46. The molecule has 25 heavy (non-hydrogen) atoms. The second-order valence-corrected chi connectivity index (χ2v) is 7.70. The van der Waals surface area contributed by atoms with Crippen LogP contribution in [0, 0.1) is 5.92 Å². The van der Waals surface area contributed by atoms with Crippen LogP contribution >= 0.6 is 0 Å². The molecule has 1 amide bonds. The Morgan fingerprint density at radius 1 is 1.08 bits per heavy atom. The van der Waals surface area contributed by atoms with E-state index in [4.69, 9.17) is 4.42 Å². The highest BCUT2D eigenvalue weighted by Crippen LogP contribution is 2.43. The van der Waals surface area contributed by atoms with Crippen LogP contribution in [0.2, 0.25) is 0 Å².